The summed E-state index contributed by atoms with van der Waals surface area (Å²) in [6.07, 6.45) is 6.46. The molecule has 2 atom stereocenters. The summed E-state index contributed by atoms with van der Waals surface area (Å²) in [5.74, 6) is 2.42. The molecule has 1 aliphatic heterocycles. The molecule has 2 fully saturated rings. The Morgan fingerprint density at radius 1 is 1.23 bits per heavy atom. The molecule has 152 valence electrons. The molecule has 8 heteroatoms. The molecule has 2 unspecified atom stereocenters. The highest BCUT2D eigenvalue weighted by atomic mass is 32.2. The molecule has 0 aromatic heterocycles. The van der Waals surface area contributed by atoms with E-state index in [9.17, 15) is 8.42 Å². The van der Waals surface area contributed by atoms with E-state index in [0.29, 0.717) is 38.8 Å². The minimum atomic E-state index is -3.23. The molecule has 0 radical (unpaired) electrons. The third kappa shape index (κ3) is 7.40. The van der Waals surface area contributed by atoms with E-state index < -0.39 is 10.0 Å². The molecular formula is C18H36N4O3S. The lowest BCUT2D eigenvalue weighted by atomic mass is 9.81. The van der Waals surface area contributed by atoms with Gasteiger partial charge in [0.05, 0.1) is 19.0 Å². The van der Waals surface area contributed by atoms with Crippen LogP contribution in [0.1, 0.15) is 46.0 Å². The second-order valence-corrected chi connectivity index (χ2v) is 9.53. The Hall–Kier alpha value is -0.860. The molecule has 0 aromatic carbocycles. The molecule has 26 heavy (non-hydrogen) atoms. The van der Waals surface area contributed by atoms with E-state index in [4.69, 9.17) is 4.74 Å². The van der Waals surface area contributed by atoms with Crippen molar-refractivity contribution in [1.82, 2.24) is 14.9 Å². The number of hydrogen-bond donors (Lipinski definition) is 2. The monoisotopic (exact) mass is 388 g/mol. The van der Waals surface area contributed by atoms with Crippen LogP contribution >= 0.6 is 0 Å². The van der Waals surface area contributed by atoms with Gasteiger partial charge in [0.15, 0.2) is 5.96 Å². The Morgan fingerprint density at radius 2 is 2.00 bits per heavy atom. The van der Waals surface area contributed by atoms with Crippen LogP contribution in [0.25, 0.3) is 0 Å². The van der Waals surface area contributed by atoms with Crippen LogP contribution in [0.3, 0.4) is 0 Å². The minimum Gasteiger partial charge on any atom is -0.379 e. The number of aliphatic imine (C=N–C) groups is 1. The third-order valence-electron chi connectivity index (χ3n) is 5.21. The molecule has 7 nitrogen and oxygen atoms in total. The number of rotatable bonds is 8. The molecule has 1 heterocycles. The summed E-state index contributed by atoms with van der Waals surface area (Å²) >= 11 is 0. The van der Waals surface area contributed by atoms with Gasteiger partial charge in [-0.1, -0.05) is 26.2 Å². The quantitative estimate of drug-likeness (QED) is 0.485. The molecule has 0 aromatic rings. The lowest BCUT2D eigenvalue weighted by Crippen LogP contribution is -2.45. The summed E-state index contributed by atoms with van der Waals surface area (Å²) < 4.78 is 31.4. The average Bonchev–Trinajstić information content (AvgIpc) is 2.62. The average molecular weight is 389 g/mol. The lowest BCUT2D eigenvalue weighted by molar-refractivity contribution is 0.0730. The van der Waals surface area contributed by atoms with Gasteiger partial charge in [0.2, 0.25) is 10.0 Å². The van der Waals surface area contributed by atoms with Crippen molar-refractivity contribution in [2.24, 2.45) is 16.8 Å². The van der Waals surface area contributed by atoms with Crippen LogP contribution in [-0.4, -0.2) is 70.4 Å². The van der Waals surface area contributed by atoms with E-state index in [1.165, 1.54) is 30.0 Å². The highest BCUT2D eigenvalue weighted by Crippen LogP contribution is 2.30. The lowest BCUT2D eigenvalue weighted by Gasteiger charge is -2.26. The highest BCUT2D eigenvalue weighted by molar-refractivity contribution is 7.89. The summed E-state index contributed by atoms with van der Waals surface area (Å²) in [6.45, 7) is 8.16. The van der Waals surface area contributed by atoms with Crippen molar-refractivity contribution in [2.75, 3.05) is 51.7 Å². The van der Waals surface area contributed by atoms with Gasteiger partial charge in [-0.3, -0.25) is 4.99 Å². The van der Waals surface area contributed by atoms with Crippen LogP contribution in [0.2, 0.25) is 0 Å². The van der Waals surface area contributed by atoms with Crippen LogP contribution < -0.4 is 10.6 Å². The summed E-state index contributed by atoms with van der Waals surface area (Å²) in [4.78, 5) is 4.63. The Morgan fingerprint density at radius 3 is 2.69 bits per heavy atom. The maximum Gasteiger partial charge on any atom is 0.215 e. The van der Waals surface area contributed by atoms with Crippen molar-refractivity contribution >= 4 is 16.0 Å². The zero-order valence-corrected chi connectivity index (χ0v) is 17.2. The van der Waals surface area contributed by atoms with Crippen molar-refractivity contribution in [3.8, 4) is 0 Å². The molecule has 0 bridgehead atoms. The first-order chi connectivity index (χ1) is 12.5. The van der Waals surface area contributed by atoms with Crippen LogP contribution in [-0.2, 0) is 14.8 Å². The number of ether oxygens (including phenoxy) is 1. The van der Waals surface area contributed by atoms with Gasteiger partial charge in [0.1, 0.15) is 0 Å². The first-order valence-electron chi connectivity index (χ1n) is 10.1. The first kappa shape index (κ1) is 21.4. The van der Waals surface area contributed by atoms with E-state index >= 15 is 0 Å². The number of sulfonamides is 1. The van der Waals surface area contributed by atoms with E-state index in [1.807, 2.05) is 6.92 Å². The standard InChI is InChI=1S/C18H36N4O3S/c1-3-19-18(20-8-7-17-6-4-5-16(2)15-17)21-9-14-26(23,24)22-10-12-25-13-11-22/h16-17H,3-15H2,1-2H3,(H2,19,20,21). The summed E-state index contributed by atoms with van der Waals surface area (Å²) in [5.41, 5.74) is 0. The zero-order chi connectivity index (χ0) is 18.8. The smallest absolute Gasteiger partial charge is 0.215 e. The molecule has 1 aliphatic carbocycles. The minimum absolute atomic E-state index is 0.0809. The largest absolute Gasteiger partial charge is 0.379 e. The summed E-state index contributed by atoms with van der Waals surface area (Å²) in [6, 6.07) is 0. The molecule has 1 saturated heterocycles. The topological polar surface area (TPSA) is 83.0 Å². The van der Waals surface area contributed by atoms with Gasteiger partial charge in [-0.25, -0.2) is 8.42 Å². The molecule has 2 rings (SSSR count). The van der Waals surface area contributed by atoms with E-state index in [2.05, 4.69) is 22.5 Å². The van der Waals surface area contributed by atoms with Gasteiger partial charge in [-0.05, 0) is 31.6 Å². The van der Waals surface area contributed by atoms with Crippen LogP contribution in [0, 0.1) is 11.8 Å². The SMILES string of the molecule is CCNC(=NCCC1CCCC(C)C1)NCCS(=O)(=O)N1CCOCC1. The van der Waals surface area contributed by atoms with Crippen molar-refractivity contribution in [3.05, 3.63) is 0 Å². The molecule has 1 saturated carbocycles. The molecule has 2 aliphatic rings. The van der Waals surface area contributed by atoms with Crippen molar-refractivity contribution in [1.29, 1.82) is 0 Å². The number of morpholine rings is 1. The Bertz CT molecular complexity index is 533. The highest BCUT2D eigenvalue weighted by Gasteiger charge is 2.23. The Balaban J connectivity index is 1.74. The summed E-state index contributed by atoms with van der Waals surface area (Å²) in [7, 11) is -3.23. The molecule has 0 amide bonds. The van der Waals surface area contributed by atoms with Gasteiger partial charge in [0.25, 0.3) is 0 Å². The predicted octanol–water partition coefficient (Wildman–Crippen LogP) is 1.42. The van der Waals surface area contributed by atoms with Crippen LogP contribution in [0.5, 0.6) is 0 Å². The van der Waals surface area contributed by atoms with E-state index in [1.54, 1.807) is 0 Å². The maximum absolute atomic E-state index is 12.3. The van der Waals surface area contributed by atoms with E-state index in [0.717, 1.165) is 31.3 Å². The van der Waals surface area contributed by atoms with Gasteiger partial charge in [0, 0.05) is 32.7 Å². The van der Waals surface area contributed by atoms with Gasteiger partial charge in [-0.15, -0.1) is 0 Å². The number of nitrogens with zero attached hydrogens (tertiary/aromatic N) is 2. The van der Waals surface area contributed by atoms with Gasteiger partial charge >= 0.3 is 0 Å². The van der Waals surface area contributed by atoms with Crippen molar-refractivity contribution < 1.29 is 13.2 Å². The zero-order valence-electron chi connectivity index (χ0n) is 16.4. The van der Waals surface area contributed by atoms with Crippen molar-refractivity contribution in [3.63, 3.8) is 0 Å². The number of nitrogens with one attached hydrogen (secondary N) is 2. The predicted molar refractivity (Wildman–Crippen MR) is 106 cm³/mol. The second kappa shape index (κ2) is 11.1. The maximum atomic E-state index is 12.3. The Labute approximate surface area is 159 Å². The second-order valence-electron chi connectivity index (χ2n) is 7.44. The van der Waals surface area contributed by atoms with Gasteiger partial charge < -0.3 is 15.4 Å². The fraction of sp³-hybridized carbons (Fsp3) is 0.944. The molecule has 2 N–H and O–H groups in total. The van der Waals surface area contributed by atoms with Crippen LogP contribution in [0.15, 0.2) is 4.99 Å². The van der Waals surface area contributed by atoms with Crippen molar-refractivity contribution in [2.45, 2.75) is 46.0 Å². The molecule has 0 spiro atoms. The number of guanidine groups is 1. The fourth-order valence-corrected chi connectivity index (χ4v) is 5.10. The number of hydrogen-bond acceptors (Lipinski definition) is 4. The van der Waals surface area contributed by atoms with Gasteiger partial charge in [-0.2, -0.15) is 4.31 Å². The fourth-order valence-electron chi connectivity index (χ4n) is 3.77. The summed E-state index contributed by atoms with van der Waals surface area (Å²) in [5, 5.41) is 6.37. The first-order valence-corrected chi connectivity index (χ1v) is 11.7. The van der Waals surface area contributed by atoms with E-state index in [-0.39, 0.29) is 5.75 Å². The Kier molecular flexibility index (Phi) is 9.15. The molecular weight excluding hydrogens is 352 g/mol. The third-order valence-corrected chi connectivity index (χ3v) is 7.08. The normalized spacial score (nSPS) is 25.8. The van der Waals surface area contributed by atoms with Crippen LogP contribution in [0.4, 0.5) is 0 Å².